The minimum absolute atomic E-state index is 0.124. The molecule has 0 spiro atoms. The summed E-state index contributed by atoms with van der Waals surface area (Å²) in [5.74, 6) is -0.569. The molecule has 2 N–H and O–H groups in total. The van der Waals surface area contributed by atoms with Crippen molar-refractivity contribution in [2.45, 2.75) is 19.2 Å². The molecule has 5 nitrogen and oxygen atoms in total. The number of anilines is 2. The molecule has 2 amide bonds. The molecule has 1 atom stereocenters. The van der Waals surface area contributed by atoms with Crippen molar-refractivity contribution in [2.75, 3.05) is 10.6 Å². The predicted molar refractivity (Wildman–Crippen MR) is 84.6 cm³/mol. The second kappa shape index (κ2) is 6.12. The van der Waals surface area contributed by atoms with Gasteiger partial charge < -0.3 is 15.4 Å². The van der Waals surface area contributed by atoms with Crippen molar-refractivity contribution in [3.05, 3.63) is 53.6 Å². The van der Waals surface area contributed by atoms with Crippen LogP contribution in [0.25, 0.3) is 0 Å². The number of benzene rings is 2. The van der Waals surface area contributed by atoms with Crippen molar-refractivity contribution in [1.29, 1.82) is 0 Å². The van der Waals surface area contributed by atoms with Gasteiger partial charge in [0.1, 0.15) is 5.75 Å². The van der Waals surface area contributed by atoms with Gasteiger partial charge in [0.25, 0.3) is 11.8 Å². The molecule has 25 heavy (non-hydrogen) atoms. The standard InChI is InChI=1S/C17H13F3N2O3/c1-9-15(23)22-13-8-12(5-6-14(13)25-9)21-16(24)10-3-2-4-11(7-10)17(18,19)20/h2-9H,1H3,(H,21,24)(H,22,23). The highest BCUT2D eigenvalue weighted by Gasteiger charge is 2.31. The zero-order valence-electron chi connectivity index (χ0n) is 13.0. The summed E-state index contributed by atoms with van der Waals surface area (Å²) in [5, 5.41) is 5.13. The zero-order chi connectivity index (χ0) is 18.2. The van der Waals surface area contributed by atoms with Gasteiger partial charge in [0, 0.05) is 11.3 Å². The van der Waals surface area contributed by atoms with Crippen LogP contribution in [0.15, 0.2) is 42.5 Å². The van der Waals surface area contributed by atoms with E-state index in [2.05, 4.69) is 10.6 Å². The summed E-state index contributed by atoms with van der Waals surface area (Å²) < 4.78 is 43.6. The smallest absolute Gasteiger partial charge is 0.416 e. The minimum atomic E-state index is -4.53. The van der Waals surface area contributed by atoms with Crippen LogP contribution in [0.4, 0.5) is 24.5 Å². The van der Waals surface area contributed by atoms with E-state index in [-0.39, 0.29) is 11.5 Å². The first kappa shape index (κ1) is 16.8. The largest absolute Gasteiger partial charge is 0.479 e. The van der Waals surface area contributed by atoms with Crippen LogP contribution >= 0.6 is 0 Å². The van der Waals surface area contributed by atoms with Crippen LogP contribution in [0.2, 0.25) is 0 Å². The number of rotatable bonds is 2. The van der Waals surface area contributed by atoms with E-state index in [0.29, 0.717) is 17.1 Å². The molecule has 1 aliphatic heterocycles. The normalized spacial score (nSPS) is 16.5. The molecule has 0 aromatic heterocycles. The first-order chi connectivity index (χ1) is 11.7. The maximum absolute atomic E-state index is 12.7. The summed E-state index contributed by atoms with van der Waals surface area (Å²) in [6.07, 6.45) is -5.15. The summed E-state index contributed by atoms with van der Waals surface area (Å²) in [6, 6.07) is 8.70. The molecule has 0 saturated carbocycles. The van der Waals surface area contributed by atoms with Crippen molar-refractivity contribution in [3.8, 4) is 5.75 Å². The Hall–Kier alpha value is -3.03. The van der Waals surface area contributed by atoms with Crippen LogP contribution in [0.5, 0.6) is 5.75 Å². The van der Waals surface area contributed by atoms with Crippen molar-refractivity contribution >= 4 is 23.2 Å². The van der Waals surface area contributed by atoms with Crippen LogP contribution < -0.4 is 15.4 Å². The molecule has 1 aliphatic rings. The van der Waals surface area contributed by atoms with E-state index in [4.69, 9.17) is 4.74 Å². The third kappa shape index (κ3) is 3.57. The highest BCUT2D eigenvalue weighted by molar-refractivity contribution is 6.05. The molecular weight excluding hydrogens is 337 g/mol. The fourth-order valence-corrected chi connectivity index (χ4v) is 2.33. The molecule has 130 valence electrons. The number of nitrogens with one attached hydrogen (secondary N) is 2. The van der Waals surface area contributed by atoms with Crippen molar-refractivity contribution in [2.24, 2.45) is 0 Å². The maximum atomic E-state index is 12.7. The average molecular weight is 350 g/mol. The minimum Gasteiger partial charge on any atom is -0.479 e. The van der Waals surface area contributed by atoms with E-state index in [1.165, 1.54) is 24.3 Å². The monoisotopic (exact) mass is 350 g/mol. The molecule has 0 bridgehead atoms. The van der Waals surface area contributed by atoms with Gasteiger partial charge in [0.05, 0.1) is 11.3 Å². The van der Waals surface area contributed by atoms with Gasteiger partial charge in [-0.3, -0.25) is 9.59 Å². The third-order valence-electron chi connectivity index (χ3n) is 3.62. The summed E-state index contributed by atoms with van der Waals surface area (Å²) in [7, 11) is 0. The number of ether oxygens (including phenoxy) is 1. The molecule has 0 aliphatic carbocycles. The Morgan fingerprint density at radius 1 is 1.20 bits per heavy atom. The van der Waals surface area contributed by atoms with Crippen molar-refractivity contribution in [1.82, 2.24) is 0 Å². The number of hydrogen-bond donors (Lipinski definition) is 2. The lowest BCUT2D eigenvalue weighted by atomic mass is 10.1. The van der Waals surface area contributed by atoms with Crippen molar-refractivity contribution < 1.29 is 27.5 Å². The second-order valence-electron chi connectivity index (χ2n) is 5.49. The molecule has 0 fully saturated rings. The Kier molecular flexibility index (Phi) is 4.12. The molecule has 0 radical (unpaired) electrons. The fourth-order valence-electron chi connectivity index (χ4n) is 2.33. The van der Waals surface area contributed by atoms with Gasteiger partial charge >= 0.3 is 6.18 Å². The van der Waals surface area contributed by atoms with Crippen molar-refractivity contribution in [3.63, 3.8) is 0 Å². The van der Waals surface area contributed by atoms with Crippen LogP contribution in [-0.4, -0.2) is 17.9 Å². The topological polar surface area (TPSA) is 67.4 Å². The van der Waals surface area contributed by atoms with E-state index < -0.39 is 23.8 Å². The first-order valence-corrected chi connectivity index (χ1v) is 7.34. The van der Waals surface area contributed by atoms with Crippen LogP contribution in [0.1, 0.15) is 22.8 Å². The number of hydrogen-bond acceptors (Lipinski definition) is 3. The lowest BCUT2D eigenvalue weighted by Gasteiger charge is -2.23. The number of alkyl halides is 3. The molecule has 1 unspecified atom stereocenters. The number of amides is 2. The lowest BCUT2D eigenvalue weighted by molar-refractivity contribution is -0.137. The van der Waals surface area contributed by atoms with Gasteiger partial charge in [0.15, 0.2) is 6.10 Å². The summed E-state index contributed by atoms with van der Waals surface area (Å²) in [6.45, 7) is 1.60. The maximum Gasteiger partial charge on any atom is 0.416 e. The number of halogens is 3. The van der Waals surface area contributed by atoms with Crippen LogP contribution in [0.3, 0.4) is 0 Å². The summed E-state index contributed by atoms with van der Waals surface area (Å²) >= 11 is 0. The third-order valence-corrected chi connectivity index (χ3v) is 3.62. The van der Waals surface area contributed by atoms with Gasteiger partial charge in [-0.2, -0.15) is 13.2 Å². The molecule has 0 saturated heterocycles. The van der Waals surface area contributed by atoms with E-state index in [1.807, 2.05) is 0 Å². The zero-order valence-corrected chi connectivity index (χ0v) is 13.0. The van der Waals surface area contributed by atoms with Crippen LogP contribution in [-0.2, 0) is 11.0 Å². The number of carbonyl (C=O) groups excluding carboxylic acids is 2. The number of carbonyl (C=O) groups is 2. The Morgan fingerprint density at radius 2 is 1.96 bits per heavy atom. The Balaban J connectivity index is 1.80. The molecule has 1 heterocycles. The SMILES string of the molecule is CC1Oc2ccc(NC(=O)c3cccc(C(F)(F)F)c3)cc2NC1=O. The fraction of sp³-hybridized carbons (Fsp3) is 0.176. The second-order valence-corrected chi connectivity index (χ2v) is 5.49. The highest BCUT2D eigenvalue weighted by atomic mass is 19.4. The van der Waals surface area contributed by atoms with E-state index in [1.54, 1.807) is 13.0 Å². The van der Waals surface area contributed by atoms with Gasteiger partial charge in [-0.1, -0.05) is 6.07 Å². The predicted octanol–water partition coefficient (Wildman–Crippen LogP) is 3.68. The Bertz CT molecular complexity index is 849. The van der Waals surface area contributed by atoms with Gasteiger partial charge in [0.2, 0.25) is 0 Å². The van der Waals surface area contributed by atoms with E-state index in [0.717, 1.165) is 12.1 Å². The quantitative estimate of drug-likeness (QED) is 0.868. The molecule has 2 aromatic rings. The molecule has 2 aromatic carbocycles. The summed E-state index contributed by atoms with van der Waals surface area (Å²) in [4.78, 5) is 23.8. The van der Waals surface area contributed by atoms with Gasteiger partial charge in [-0.25, -0.2) is 0 Å². The average Bonchev–Trinajstić information content (AvgIpc) is 2.55. The van der Waals surface area contributed by atoms with Crippen LogP contribution in [0, 0.1) is 0 Å². The first-order valence-electron chi connectivity index (χ1n) is 7.34. The molecule has 3 rings (SSSR count). The van der Waals surface area contributed by atoms with Gasteiger partial charge in [-0.15, -0.1) is 0 Å². The summed E-state index contributed by atoms with van der Waals surface area (Å²) in [5.41, 5.74) is -0.328. The van der Waals surface area contributed by atoms with E-state index in [9.17, 15) is 22.8 Å². The molecule has 8 heteroatoms. The highest BCUT2D eigenvalue weighted by Crippen LogP contribution is 2.33. The lowest BCUT2D eigenvalue weighted by Crippen LogP contribution is -2.34. The van der Waals surface area contributed by atoms with E-state index >= 15 is 0 Å². The molecular formula is C17H13F3N2O3. The Labute approximate surface area is 140 Å². The Morgan fingerprint density at radius 3 is 2.68 bits per heavy atom. The van der Waals surface area contributed by atoms with Gasteiger partial charge in [-0.05, 0) is 43.3 Å². The number of fused-ring (bicyclic) bond motifs is 1.